The van der Waals surface area contributed by atoms with Crippen molar-refractivity contribution in [1.82, 2.24) is 5.32 Å². The maximum absolute atomic E-state index is 13.2. The smallest absolute Gasteiger partial charge is 0.227 e. The van der Waals surface area contributed by atoms with Crippen LogP contribution in [-0.2, 0) is 10.3 Å². The quantitative estimate of drug-likeness (QED) is 0.875. The fraction of sp³-hybridized carbons (Fsp3) is 0.333. The van der Waals surface area contributed by atoms with E-state index in [1.807, 2.05) is 0 Å². The summed E-state index contributed by atoms with van der Waals surface area (Å²) in [5, 5.41) is 2.79. The number of hydrogen-bond acceptors (Lipinski definition) is 3. The molecule has 1 heterocycles. The number of Topliss-reactive ketones (excluding diaryl/α,β-unsaturated/α-hetero) is 1. The molecule has 0 bridgehead atoms. The van der Waals surface area contributed by atoms with E-state index >= 15 is 0 Å². The minimum Gasteiger partial charge on any atom is -0.461 e. The molecule has 2 aromatic rings. The van der Waals surface area contributed by atoms with Crippen molar-refractivity contribution in [3.8, 4) is 0 Å². The molecule has 0 radical (unpaired) electrons. The lowest BCUT2D eigenvalue weighted by atomic mass is 9.84. The van der Waals surface area contributed by atoms with Gasteiger partial charge >= 0.3 is 0 Å². The molecule has 122 valence electrons. The van der Waals surface area contributed by atoms with Gasteiger partial charge in [-0.25, -0.2) is 4.39 Å². The third-order valence-corrected chi connectivity index (χ3v) is 3.67. The van der Waals surface area contributed by atoms with E-state index in [1.54, 1.807) is 33.8 Å². The topological polar surface area (TPSA) is 59.3 Å². The molecule has 0 aliphatic rings. The zero-order valence-electron chi connectivity index (χ0n) is 13.6. The number of furan rings is 1. The molecular weight excluding hydrogens is 297 g/mol. The molecule has 1 amide bonds. The first-order valence-electron chi connectivity index (χ1n) is 7.31. The summed E-state index contributed by atoms with van der Waals surface area (Å²) in [6.45, 7) is 6.86. The second kappa shape index (κ2) is 5.99. The van der Waals surface area contributed by atoms with Crippen LogP contribution in [0.2, 0.25) is 0 Å². The number of halogens is 1. The Morgan fingerprint density at radius 3 is 2.13 bits per heavy atom. The van der Waals surface area contributed by atoms with Gasteiger partial charge in [-0.1, -0.05) is 32.9 Å². The monoisotopic (exact) mass is 317 g/mol. The minimum atomic E-state index is -1.35. The van der Waals surface area contributed by atoms with E-state index in [0.29, 0.717) is 5.56 Å². The van der Waals surface area contributed by atoms with Crippen molar-refractivity contribution < 1.29 is 18.4 Å². The summed E-state index contributed by atoms with van der Waals surface area (Å²) in [7, 11) is 0. The van der Waals surface area contributed by atoms with Gasteiger partial charge in [-0.2, -0.15) is 0 Å². The number of carbonyl (C=O) groups is 2. The Morgan fingerprint density at radius 1 is 1.04 bits per heavy atom. The van der Waals surface area contributed by atoms with E-state index in [2.05, 4.69) is 5.32 Å². The van der Waals surface area contributed by atoms with Crippen molar-refractivity contribution in [2.75, 3.05) is 0 Å². The number of hydrogen-bond donors (Lipinski definition) is 1. The Bertz CT molecular complexity index is 699. The second-order valence-electron chi connectivity index (χ2n) is 6.64. The minimum absolute atomic E-state index is 0.131. The van der Waals surface area contributed by atoms with E-state index in [1.165, 1.54) is 36.6 Å². The third-order valence-electron chi connectivity index (χ3n) is 3.67. The maximum atomic E-state index is 13.2. The lowest BCUT2D eigenvalue weighted by molar-refractivity contribution is -0.130. The molecule has 2 rings (SSSR count). The van der Waals surface area contributed by atoms with Crippen LogP contribution in [0.5, 0.6) is 0 Å². The first-order chi connectivity index (χ1) is 10.6. The first-order valence-corrected chi connectivity index (χ1v) is 7.31. The number of rotatable bonds is 4. The van der Waals surface area contributed by atoms with E-state index < -0.39 is 22.6 Å². The zero-order chi connectivity index (χ0) is 17.3. The lowest BCUT2D eigenvalue weighted by Crippen LogP contribution is -2.52. The fourth-order valence-corrected chi connectivity index (χ4v) is 2.11. The van der Waals surface area contributed by atoms with Crippen LogP contribution in [0.4, 0.5) is 4.39 Å². The SMILES string of the molecule is CC(C)(C)C(=O)N[C@](C)(C(=O)c1ccco1)c1ccc(F)cc1. The first kappa shape index (κ1) is 16.9. The van der Waals surface area contributed by atoms with Gasteiger partial charge in [0, 0.05) is 5.41 Å². The standard InChI is InChI=1S/C18H20FNO3/c1-17(2,3)16(22)20-18(4,12-7-9-13(19)10-8-12)15(21)14-6-5-11-23-14/h5-11H,1-4H3,(H,20,22)/t18-/m0/s1. The van der Waals surface area contributed by atoms with E-state index in [9.17, 15) is 14.0 Å². The molecular formula is C18H20FNO3. The van der Waals surface area contributed by atoms with Gasteiger partial charge in [0.25, 0.3) is 0 Å². The highest BCUT2D eigenvalue weighted by molar-refractivity contribution is 6.03. The second-order valence-corrected chi connectivity index (χ2v) is 6.64. The van der Waals surface area contributed by atoms with Crippen molar-refractivity contribution in [2.45, 2.75) is 33.2 Å². The summed E-state index contributed by atoms with van der Waals surface area (Å²) in [5.74, 6) is -0.967. The number of ketones is 1. The normalized spacial score (nSPS) is 14.1. The molecule has 5 heteroatoms. The highest BCUT2D eigenvalue weighted by atomic mass is 19.1. The number of benzene rings is 1. The van der Waals surface area contributed by atoms with Crippen molar-refractivity contribution in [3.05, 3.63) is 59.8 Å². The van der Waals surface area contributed by atoms with Crippen LogP contribution in [0.1, 0.15) is 43.8 Å². The molecule has 1 atom stereocenters. The molecule has 0 saturated carbocycles. The summed E-state index contributed by atoms with van der Waals surface area (Å²) in [5.41, 5.74) is -1.54. The number of nitrogens with one attached hydrogen (secondary N) is 1. The summed E-state index contributed by atoms with van der Waals surface area (Å²) < 4.78 is 18.4. The molecule has 4 nitrogen and oxygen atoms in total. The maximum Gasteiger partial charge on any atom is 0.227 e. The highest BCUT2D eigenvalue weighted by Gasteiger charge is 2.41. The average molecular weight is 317 g/mol. The molecule has 1 N–H and O–H groups in total. The van der Waals surface area contributed by atoms with Crippen molar-refractivity contribution >= 4 is 11.7 Å². The van der Waals surface area contributed by atoms with Crippen molar-refractivity contribution in [3.63, 3.8) is 0 Å². The molecule has 0 fully saturated rings. The van der Waals surface area contributed by atoms with Gasteiger partial charge in [0.15, 0.2) is 5.76 Å². The van der Waals surface area contributed by atoms with Crippen LogP contribution in [0, 0.1) is 11.2 Å². The van der Waals surface area contributed by atoms with Crippen LogP contribution in [0.25, 0.3) is 0 Å². The van der Waals surface area contributed by atoms with E-state index in [0.717, 1.165) is 0 Å². The summed E-state index contributed by atoms with van der Waals surface area (Å²) >= 11 is 0. The van der Waals surface area contributed by atoms with E-state index in [-0.39, 0.29) is 11.7 Å². The predicted molar refractivity (Wildman–Crippen MR) is 84.4 cm³/mol. The molecule has 0 unspecified atom stereocenters. The van der Waals surface area contributed by atoms with Gasteiger partial charge in [0.05, 0.1) is 6.26 Å². The molecule has 0 aliphatic carbocycles. The molecule has 0 spiro atoms. The van der Waals surface area contributed by atoms with Gasteiger partial charge in [-0.3, -0.25) is 9.59 Å². The Balaban J connectivity index is 2.48. The number of carbonyl (C=O) groups excluding carboxylic acids is 2. The highest BCUT2D eigenvalue weighted by Crippen LogP contribution is 2.28. The largest absolute Gasteiger partial charge is 0.461 e. The van der Waals surface area contributed by atoms with Gasteiger partial charge in [0.1, 0.15) is 11.4 Å². The van der Waals surface area contributed by atoms with Gasteiger partial charge < -0.3 is 9.73 Å². The van der Waals surface area contributed by atoms with Crippen LogP contribution in [0.15, 0.2) is 47.1 Å². The summed E-state index contributed by atoms with van der Waals surface area (Å²) in [6.07, 6.45) is 1.39. The fourth-order valence-electron chi connectivity index (χ4n) is 2.11. The van der Waals surface area contributed by atoms with Gasteiger partial charge in [-0.15, -0.1) is 0 Å². The Kier molecular flexibility index (Phi) is 4.41. The molecule has 23 heavy (non-hydrogen) atoms. The molecule has 1 aromatic carbocycles. The predicted octanol–water partition coefficient (Wildman–Crippen LogP) is 3.68. The zero-order valence-corrected chi connectivity index (χ0v) is 13.6. The van der Waals surface area contributed by atoms with Crippen molar-refractivity contribution in [1.29, 1.82) is 0 Å². The molecule has 1 aromatic heterocycles. The third kappa shape index (κ3) is 3.50. The molecule has 0 saturated heterocycles. The molecule has 0 aliphatic heterocycles. The van der Waals surface area contributed by atoms with E-state index in [4.69, 9.17) is 4.42 Å². The summed E-state index contributed by atoms with van der Waals surface area (Å²) in [6, 6.07) is 8.62. The Hall–Kier alpha value is -2.43. The van der Waals surface area contributed by atoms with Crippen LogP contribution < -0.4 is 5.32 Å². The Labute approximate surface area is 134 Å². The lowest BCUT2D eigenvalue weighted by Gasteiger charge is -2.32. The van der Waals surface area contributed by atoms with Gasteiger partial charge in [-0.05, 0) is 36.8 Å². The number of amides is 1. The summed E-state index contributed by atoms with van der Waals surface area (Å²) in [4.78, 5) is 25.3. The average Bonchev–Trinajstić information content (AvgIpc) is 3.00. The van der Waals surface area contributed by atoms with Crippen LogP contribution in [0.3, 0.4) is 0 Å². The van der Waals surface area contributed by atoms with Gasteiger partial charge in [0.2, 0.25) is 11.7 Å². The van der Waals surface area contributed by atoms with Crippen molar-refractivity contribution in [2.24, 2.45) is 5.41 Å². The van der Waals surface area contributed by atoms with Crippen LogP contribution in [-0.4, -0.2) is 11.7 Å². The Morgan fingerprint density at radius 2 is 1.65 bits per heavy atom. The van der Waals surface area contributed by atoms with Crippen LogP contribution >= 0.6 is 0 Å².